The van der Waals surface area contributed by atoms with Crippen molar-refractivity contribution < 1.29 is 28.7 Å². The van der Waals surface area contributed by atoms with Gasteiger partial charge in [0, 0.05) is 56.0 Å². The summed E-state index contributed by atoms with van der Waals surface area (Å²) in [6.07, 6.45) is 9.87. The summed E-state index contributed by atoms with van der Waals surface area (Å²) in [4.78, 5) is 73.6. The third-order valence-corrected chi connectivity index (χ3v) is 13.7. The number of fused-ring (bicyclic) bond motifs is 2. The van der Waals surface area contributed by atoms with Gasteiger partial charge in [0.05, 0.1) is 51.4 Å². The van der Waals surface area contributed by atoms with Crippen molar-refractivity contribution in [3.8, 4) is 21.7 Å². The second-order valence-corrected chi connectivity index (χ2v) is 19.9. The van der Waals surface area contributed by atoms with Crippen LogP contribution in [0.1, 0.15) is 105 Å². The number of likely N-dealkylation sites (tertiary alicyclic amines) is 1. The largest absolute Gasteiger partial charge is 0.391 e. The Kier molecular flexibility index (Phi) is 15.7. The Balaban J connectivity index is 0.735. The predicted octanol–water partition coefficient (Wildman–Crippen LogP) is 7.77. The summed E-state index contributed by atoms with van der Waals surface area (Å²) in [6, 6.07) is 20.5. The van der Waals surface area contributed by atoms with E-state index in [4.69, 9.17) is 5.10 Å². The van der Waals surface area contributed by atoms with Crippen LogP contribution in [0.5, 0.6) is 0 Å². The van der Waals surface area contributed by atoms with E-state index in [9.17, 15) is 24.3 Å². The number of nitrogens with zero attached hydrogens (tertiary/aromatic N) is 7. The smallest absolute Gasteiger partial charge is 0.254 e. The van der Waals surface area contributed by atoms with Gasteiger partial charge in [-0.05, 0) is 72.2 Å². The second kappa shape index (κ2) is 22.2. The number of pyridine rings is 1. The maximum Gasteiger partial charge on any atom is 0.254 e. The number of rotatable bonds is 19. The Morgan fingerprint density at radius 3 is 2.36 bits per heavy atom. The van der Waals surface area contributed by atoms with Gasteiger partial charge in [0.2, 0.25) is 17.7 Å². The normalized spacial score (nSPS) is 15.3. The van der Waals surface area contributed by atoms with Crippen molar-refractivity contribution in [2.75, 3.05) is 13.1 Å². The summed E-state index contributed by atoms with van der Waals surface area (Å²) in [5, 5.41) is 25.0. The number of thiazole rings is 1. The van der Waals surface area contributed by atoms with Gasteiger partial charge in [-0.3, -0.25) is 24.2 Å². The first kappa shape index (κ1) is 49.4. The highest BCUT2D eigenvalue weighted by Crippen LogP contribution is 2.29. The van der Waals surface area contributed by atoms with E-state index < -0.39 is 41.2 Å². The Bertz CT molecular complexity index is 2990. The zero-order valence-electron chi connectivity index (χ0n) is 40.0. The van der Waals surface area contributed by atoms with Crippen LogP contribution in [0.15, 0.2) is 96.9 Å². The molecule has 1 fully saturated rings. The van der Waals surface area contributed by atoms with Crippen LogP contribution in [0.2, 0.25) is 0 Å². The van der Waals surface area contributed by atoms with E-state index in [1.165, 1.54) is 17.0 Å². The summed E-state index contributed by atoms with van der Waals surface area (Å²) in [5.41, 5.74) is 7.74. The van der Waals surface area contributed by atoms with Crippen molar-refractivity contribution in [3.63, 3.8) is 0 Å². The van der Waals surface area contributed by atoms with Gasteiger partial charge in [-0.25, -0.2) is 23.9 Å². The lowest BCUT2D eigenvalue weighted by Gasteiger charge is -2.35. The zero-order valence-corrected chi connectivity index (χ0v) is 40.8. The minimum atomic E-state index is -0.892. The Labute approximate surface area is 410 Å². The molecule has 364 valence electrons. The van der Waals surface area contributed by atoms with Crippen LogP contribution >= 0.6 is 11.3 Å². The molecule has 0 bridgehead atoms. The minimum Gasteiger partial charge on any atom is -0.391 e. The molecular formula is C53H59FN10O5S. The van der Waals surface area contributed by atoms with Crippen LogP contribution in [0, 0.1) is 18.2 Å². The van der Waals surface area contributed by atoms with Gasteiger partial charge in [0.1, 0.15) is 23.6 Å². The molecule has 5 heterocycles. The van der Waals surface area contributed by atoms with Gasteiger partial charge in [0.15, 0.2) is 0 Å². The maximum atomic E-state index is 15.4. The fraction of sp³-hybridized carbons (Fsp3) is 0.377. The molecule has 0 aliphatic carbocycles. The SMILES string of the molecule is Cc1ncsc1-c1ccc(CNC(=O)[C@@H]2C[C@@H](O)CN2C(=O)[C@@H](NC(=O)CCCCCCCCNC(=O)c2ccc(-c3cnc4ncc(Cc5ccc6ncccc6c5)n4n3)cc2F)C(C)(C)C)cc1. The standard InChI is InChI=1S/C53H59FN10O5S/c1-33-47(70-32-60-33)36-17-14-34(15-18-36)28-57-50(68)45-27-40(65)31-63(45)51(69)48(53(2,3)4)61-46(66)13-9-7-5-6-8-10-22-56-49(67)41-20-19-38(26-42(41)54)44-30-59-52-58-29-39(64(52)62-44)25-35-16-21-43-37(24-35)12-11-23-55-43/h11-12,14-21,23-24,26,29-30,32,40,45,48,65H,5-10,13,22,25,27-28,31H2,1-4H3,(H,56,67)(H,57,68)(H,61,66)/t40-,45+,48-/m1/s1. The Morgan fingerprint density at radius 2 is 1.60 bits per heavy atom. The molecule has 4 amide bonds. The first-order chi connectivity index (χ1) is 33.7. The highest BCUT2D eigenvalue weighted by Gasteiger charge is 2.44. The molecule has 1 aliphatic rings. The molecule has 4 N–H and O–H groups in total. The number of aromatic nitrogens is 6. The molecule has 17 heteroatoms. The third-order valence-electron chi connectivity index (χ3n) is 12.7. The number of nitrogens with one attached hydrogen (secondary N) is 3. The molecule has 1 aliphatic heterocycles. The summed E-state index contributed by atoms with van der Waals surface area (Å²) >= 11 is 1.57. The van der Waals surface area contributed by atoms with Crippen LogP contribution in [0.3, 0.4) is 0 Å². The summed E-state index contributed by atoms with van der Waals surface area (Å²) in [6.45, 7) is 8.23. The van der Waals surface area contributed by atoms with Crippen LogP contribution in [-0.2, 0) is 27.3 Å². The van der Waals surface area contributed by atoms with Gasteiger partial charge in [-0.1, -0.05) is 88.9 Å². The lowest BCUT2D eigenvalue weighted by Crippen LogP contribution is -2.57. The van der Waals surface area contributed by atoms with Gasteiger partial charge >= 0.3 is 0 Å². The van der Waals surface area contributed by atoms with Gasteiger partial charge in [0.25, 0.3) is 11.7 Å². The van der Waals surface area contributed by atoms with Crippen LogP contribution in [-0.4, -0.2) is 94.5 Å². The number of carbonyl (C=O) groups is 4. The van der Waals surface area contributed by atoms with Gasteiger partial charge < -0.3 is 26.0 Å². The topological polar surface area (TPSA) is 197 Å². The fourth-order valence-electron chi connectivity index (χ4n) is 8.80. The Hall–Kier alpha value is -6.98. The average molecular weight is 967 g/mol. The van der Waals surface area contributed by atoms with Crippen molar-refractivity contribution in [2.45, 2.75) is 110 Å². The monoisotopic (exact) mass is 966 g/mol. The van der Waals surface area contributed by atoms with E-state index >= 15 is 4.39 Å². The van der Waals surface area contributed by atoms with Crippen molar-refractivity contribution in [2.24, 2.45) is 5.41 Å². The molecule has 3 atom stereocenters. The van der Waals surface area contributed by atoms with Crippen LogP contribution in [0.25, 0.3) is 38.4 Å². The highest BCUT2D eigenvalue weighted by atomic mass is 32.1. The number of aryl methyl sites for hydroxylation is 1. The first-order valence-corrected chi connectivity index (χ1v) is 24.8. The lowest BCUT2D eigenvalue weighted by atomic mass is 9.85. The molecule has 0 radical (unpaired) electrons. The number of unbranched alkanes of at least 4 members (excludes halogenated alkanes) is 5. The van der Waals surface area contributed by atoms with Crippen molar-refractivity contribution in [1.29, 1.82) is 0 Å². The summed E-state index contributed by atoms with van der Waals surface area (Å²) in [7, 11) is 0. The van der Waals surface area contributed by atoms with Crippen molar-refractivity contribution in [3.05, 3.63) is 131 Å². The molecule has 4 aromatic heterocycles. The number of carbonyl (C=O) groups excluding carboxylic acids is 4. The summed E-state index contributed by atoms with van der Waals surface area (Å²) < 4.78 is 17.0. The number of imidazole rings is 1. The third kappa shape index (κ3) is 12.1. The number of amides is 4. The first-order valence-electron chi connectivity index (χ1n) is 23.9. The van der Waals surface area contributed by atoms with E-state index in [1.54, 1.807) is 40.5 Å². The Morgan fingerprint density at radius 1 is 0.857 bits per heavy atom. The van der Waals surface area contributed by atoms with E-state index in [1.807, 2.05) is 81.7 Å². The fourth-order valence-corrected chi connectivity index (χ4v) is 9.61. The zero-order chi connectivity index (χ0) is 49.4. The molecule has 1 saturated heterocycles. The number of aliphatic hydroxyl groups is 1. The average Bonchev–Trinajstić information content (AvgIpc) is 4.09. The predicted molar refractivity (Wildman–Crippen MR) is 267 cm³/mol. The number of aliphatic hydroxyl groups excluding tert-OH is 1. The van der Waals surface area contributed by atoms with E-state index in [0.717, 1.165) is 69.5 Å². The van der Waals surface area contributed by atoms with Gasteiger partial charge in [-0.2, -0.15) is 5.10 Å². The highest BCUT2D eigenvalue weighted by molar-refractivity contribution is 7.13. The quantitative estimate of drug-likeness (QED) is 0.0582. The van der Waals surface area contributed by atoms with Crippen LogP contribution < -0.4 is 16.0 Å². The number of β-amino-alcohol motifs (C(OH)–C–C–N with tert-alkyl or cyclic N) is 1. The number of benzene rings is 3. The number of halogens is 1. The van der Waals surface area contributed by atoms with Gasteiger partial charge in [-0.15, -0.1) is 11.3 Å². The number of hydrogen-bond acceptors (Lipinski definition) is 11. The molecule has 7 aromatic rings. The molecule has 15 nitrogen and oxygen atoms in total. The minimum absolute atomic E-state index is 0.00567. The molecule has 0 saturated carbocycles. The lowest BCUT2D eigenvalue weighted by molar-refractivity contribution is -0.144. The number of hydrogen-bond donors (Lipinski definition) is 4. The van der Waals surface area contributed by atoms with Crippen molar-refractivity contribution in [1.82, 2.24) is 50.4 Å². The summed E-state index contributed by atoms with van der Waals surface area (Å²) in [5.74, 6) is -1.72. The maximum absolute atomic E-state index is 15.4. The molecule has 3 aromatic carbocycles. The second-order valence-electron chi connectivity index (χ2n) is 19.1. The van der Waals surface area contributed by atoms with E-state index in [2.05, 4.69) is 42.0 Å². The molecule has 8 rings (SSSR count). The molecule has 0 unspecified atom stereocenters. The van der Waals surface area contributed by atoms with E-state index in [-0.39, 0.29) is 43.3 Å². The van der Waals surface area contributed by atoms with Crippen LogP contribution in [0.4, 0.5) is 4.39 Å². The molecule has 70 heavy (non-hydrogen) atoms. The van der Waals surface area contributed by atoms with E-state index in [0.29, 0.717) is 42.8 Å². The molecule has 0 spiro atoms. The van der Waals surface area contributed by atoms with Crippen molar-refractivity contribution >= 4 is 51.6 Å². The molecular weight excluding hydrogens is 908 g/mol.